The highest BCUT2D eigenvalue weighted by atomic mass is 31.2. The van der Waals surface area contributed by atoms with E-state index in [4.69, 9.17) is 9.05 Å². The molecule has 0 fully saturated rings. The molecular formula is C15H34NO4P. The molecule has 0 saturated heterocycles. The highest BCUT2D eigenvalue weighted by molar-refractivity contribution is 7.45. The van der Waals surface area contributed by atoms with Crippen LogP contribution in [0.3, 0.4) is 0 Å². The maximum Gasteiger partial charge on any atom is 0.272 e. The molecule has 0 aliphatic heterocycles. The molecule has 0 heterocycles. The van der Waals surface area contributed by atoms with Crippen LogP contribution >= 0.6 is 7.82 Å². The van der Waals surface area contributed by atoms with Crippen molar-refractivity contribution in [1.82, 2.24) is 0 Å². The third kappa shape index (κ3) is 9.64. The minimum atomic E-state index is -4.15. The number of nitrogens with zero attached hydrogens (tertiary/aromatic N) is 1. The Balaban J connectivity index is 4.81. The van der Waals surface area contributed by atoms with E-state index in [0.717, 1.165) is 62.6 Å². The van der Waals surface area contributed by atoms with Gasteiger partial charge in [0.25, 0.3) is 7.82 Å². The quantitative estimate of drug-likeness (QED) is 0.278. The largest absolute Gasteiger partial charge is 0.756 e. The van der Waals surface area contributed by atoms with Gasteiger partial charge in [-0.15, -0.1) is 0 Å². The highest BCUT2D eigenvalue weighted by Crippen LogP contribution is 2.39. The molecule has 0 aromatic heterocycles. The van der Waals surface area contributed by atoms with Gasteiger partial charge in [-0.1, -0.05) is 40.0 Å². The Hall–Kier alpha value is 0.0700. The average Bonchev–Trinajstić information content (AvgIpc) is 2.46. The van der Waals surface area contributed by atoms with Crippen LogP contribution in [0.25, 0.3) is 0 Å². The molecular weight excluding hydrogens is 289 g/mol. The van der Waals surface area contributed by atoms with Crippen LogP contribution in [-0.2, 0) is 13.6 Å². The summed E-state index contributed by atoms with van der Waals surface area (Å²) in [5.74, 6) is 0. The molecule has 0 aliphatic rings. The van der Waals surface area contributed by atoms with Crippen molar-refractivity contribution in [3.63, 3.8) is 0 Å². The molecule has 0 saturated carbocycles. The second-order valence-corrected chi connectivity index (χ2v) is 7.11. The van der Waals surface area contributed by atoms with Crippen molar-refractivity contribution < 1.29 is 23.0 Å². The average molecular weight is 323 g/mol. The first-order chi connectivity index (χ1) is 9.95. The van der Waals surface area contributed by atoms with E-state index in [1.54, 1.807) is 6.92 Å². The Bertz CT molecular complexity index is 278. The van der Waals surface area contributed by atoms with Gasteiger partial charge in [0, 0.05) is 0 Å². The van der Waals surface area contributed by atoms with Crippen LogP contribution < -0.4 is 4.89 Å². The molecule has 0 rings (SSSR count). The number of phosphoric acid groups is 1. The van der Waals surface area contributed by atoms with Gasteiger partial charge in [-0.3, -0.25) is 9.09 Å². The third-order valence-corrected chi connectivity index (χ3v) is 4.74. The van der Waals surface area contributed by atoms with Crippen molar-refractivity contribution in [2.24, 2.45) is 0 Å². The molecule has 0 radical (unpaired) electrons. The summed E-state index contributed by atoms with van der Waals surface area (Å²) in [6, 6.07) is 0. The minimum absolute atomic E-state index is 0.125. The van der Waals surface area contributed by atoms with Gasteiger partial charge in [-0.05, 0) is 26.2 Å². The number of rotatable bonds is 14. The number of phosphoric ester groups is 1. The zero-order valence-electron chi connectivity index (χ0n) is 14.3. The van der Waals surface area contributed by atoms with E-state index in [2.05, 4.69) is 20.8 Å². The molecule has 0 N–H and O–H groups in total. The SMILES string of the molecule is CCCC[N+](CCCC)(CCCC)COP(=O)([O-])OCC. The van der Waals surface area contributed by atoms with Crippen LogP contribution in [0.1, 0.15) is 66.2 Å². The molecule has 6 heteroatoms. The van der Waals surface area contributed by atoms with Gasteiger partial charge in [-0.2, -0.15) is 0 Å². The molecule has 0 aliphatic carbocycles. The fourth-order valence-electron chi connectivity index (χ4n) is 2.40. The Morgan fingerprint density at radius 3 is 1.62 bits per heavy atom. The highest BCUT2D eigenvalue weighted by Gasteiger charge is 2.28. The summed E-state index contributed by atoms with van der Waals surface area (Å²) in [7, 11) is -4.15. The zero-order chi connectivity index (χ0) is 16.2. The number of quaternary nitrogens is 1. The molecule has 0 aromatic rings. The summed E-state index contributed by atoms with van der Waals surface area (Å²) < 4.78 is 22.3. The number of unbranched alkanes of at least 4 members (excludes halogenated alkanes) is 3. The molecule has 0 spiro atoms. The van der Waals surface area contributed by atoms with Crippen LogP contribution in [0.2, 0.25) is 0 Å². The van der Waals surface area contributed by atoms with Crippen LogP contribution in [0, 0.1) is 0 Å². The van der Waals surface area contributed by atoms with Gasteiger partial charge in [-0.25, -0.2) is 0 Å². The second kappa shape index (κ2) is 11.6. The summed E-state index contributed by atoms with van der Waals surface area (Å²) >= 11 is 0. The number of hydrogen-bond acceptors (Lipinski definition) is 4. The van der Waals surface area contributed by atoms with E-state index in [0.29, 0.717) is 0 Å². The molecule has 0 bridgehead atoms. The summed E-state index contributed by atoms with van der Waals surface area (Å²) in [5, 5.41) is 0. The zero-order valence-corrected chi connectivity index (χ0v) is 15.2. The van der Waals surface area contributed by atoms with Gasteiger partial charge < -0.3 is 13.9 Å². The lowest BCUT2D eigenvalue weighted by molar-refractivity contribution is -0.943. The summed E-state index contributed by atoms with van der Waals surface area (Å²) in [6.45, 7) is 11.4. The van der Waals surface area contributed by atoms with Crippen molar-refractivity contribution in [2.75, 3.05) is 33.0 Å². The van der Waals surface area contributed by atoms with Gasteiger partial charge in [0.2, 0.25) is 0 Å². The predicted octanol–water partition coefficient (Wildman–Crippen LogP) is 3.68. The van der Waals surface area contributed by atoms with E-state index in [1.807, 2.05) is 0 Å². The number of hydrogen-bond donors (Lipinski definition) is 0. The van der Waals surface area contributed by atoms with Crippen LogP contribution in [-0.4, -0.2) is 37.5 Å². The van der Waals surface area contributed by atoms with Gasteiger partial charge in [0.05, 0.1) is 26.2 Å². The van der Waals surface area contributed by atoms with Crippen LogP contribution in [0.15, 0.2) is 0 Å². The lowest BCUT2D eigenvalue weighted by Crippen LogP contribution is -2.51. The first-order valence-electron chi connectivity index (χ1n) is 8.40. The fourth-order valence-corrected chi connectivity index (χ4v) is 3.18. The summed E-state index contributed by atoms with van der Waals surface area (Å²) in [6.07, 6.45) is 6.61. The monoisotopic (exact) mass is 323 g/mol. The molecule has 21 heavy (non-hydrogen) atoms. The van der Waals surface area contributed by atoms with E-state index < -0.39 is 7.82 Å². The molecule has 5 nitrogen and oxygen atoms in total. The normalized spacial score (nSPS) is 15.1. The van der Waals surface area contributed by atoms with Crippen LogP contribution in [0.4, 0.5) is 0 Å². The smallest absolute Gasteiger partial charge is 0.272 e. The van der Waals surface area contributed by atoms with E-state index in [1.165, 1.54) is 0 Å². The van der Waals surface area contributed by atoms with Gasteiger partial charge >= 0.3 is 0 Å². The predicted molar refractivity (Wildman–Crippen MR) is 84.8 cm³/mol. The first kappa shape index (κ1) is 21.1. The fraction of sp³-hybridized carbons (Fsp3) is 1.00. The molecule has 1 unspecified atom stereocenters. The van der Waals surface area contributed by atoms with Crippen molar-refractivity contribution in [2.45, 2.75) is 66.2 Å². The molecule has 1 atom stereocenters. The first-order valence-corrected chi connectivity index (χ1v) is 9.86. The Morgan fingerprint density at radius 2 is 1.29 bits per heavy atom. The molecule has 0 amide bonds. The van der Waals surface area contributed by atoms with E-state index in [-0.39, 0.29) is 13.3 Å². The summed E-state index contributed by atoms with van der Waals surface area (Å²) in [5.41, 5.74) is 0. The molecule has 128 valence electrons. The van der Waals surface area contributed by atoms with E-state index in [9.17, 15) is 9.46 Å². The standard InChI is InChI=1S/C15H34NO4P/c1-5-9-12-16(13-10-6-2,14-11-7-3)15-20-21(17,18)19-8-4/h5-15H2,1-4H3. The van der Waals surface area contributed by atoms with Crippen molar-refractivity contribution >= 4 is 7.82 Å². The third-order valence-electron chi connectivity index (χ3n) is 3.73. The Kier molecular flexibility index (Phi) is 11.7. The lowest BCUT2D eigenvalue weighted by Gasteiger charge is -2.40. The van der Waals surface area contributed by atoms with Crippen molar-refractivity contribution in [1.29, 1.82) is 0 Å². The lowest BCUT2D eigenvalue weighted by atomic mass is 10.2. The maximum atomic E-state index is 11.7. The van der Waals surface area contributed by atoms with Crippen molar-refractivity contribution in [3.05, 3.63) is 0 Å². The Labute approximate surface area is 130 Å². The van der Waals surface area contributed by atoms with Gasteiger partial charge in [0.15, 0.2) is 6.73 Å². The second-order valence-electron chi connectivity index (χ2n) is 5.70. The van der Waals surface area contributed by atoms with E-state index >= 15 is 0 Å². The minimum Gasteiger partial charge on any atom is -0.756 e. The van der Waals surface area contributed by atoms with Crippen LogP contribution in [0.5, 0.6) is 0 Å². The Morgan fingerprint density at radius 1 is 0.857 bits per heavy atom. The summed E-state index contributed by atoms with van der Waals surface area (Å²) in [4.78, 5) is 11.7. The topological polar surface area (TPSA) is 58.6 Å². The van der Waals surface area contributed by atoms with Crippen molar-refractivity contribution in [3.8, 4) is 0 Å². The molecule has 0 aromatic carbocycles. The van der Waals surface area contributed by atoms with Gasteiger partial charge in [0.1, 0.15) is 0 Å². The maximum absolute atomic E-state index is 11.7.